The summed E-state index contributed by atoms with van der Waals surface area (Å²) in [4.78, 5) is 0. The monoisotopic (exact) mass is 269 g/mol. The van der Waals surface area contributed by atoms with Crippen LogP contribution in [0.1, 0.15) is 42.6 Å². The Bertz CT molecular complexity index is 532. The van der Waals surface area contributed by atoms with Crippen LogP contribution >= 0.6 is 0 Å². The maximum atomic E-state index is 5.41. The van der Waals surface area contributed by atoms with E-state index in [1.807, 2.05) is 12.1 Å². The Labute approximate surface area is 121 Å². The second kappa shape index (κ2) is 6.27. The Kier molecular flexibility index (Phi) is 4.22. The van der Waals surface area contributed by atoms with Gasteiger partial charge in [-0.25, -0.2) is 0 Å². The minimum absolute atomic E-state index is 0.454. The van der Waals surface area contributed by atoms with E-state index >= 15 is 0 Å². The zero-order chi connectivity index (χ0) is 13.8. The predicted molar refractivity (Wildman–Crippen MR) is 82.0 cm³/mol. The van der Waals surface area contributed by atoms with Gasteiger partial charge in [-0.3, -0.25) is 0 Å². The standard InChI is InChI=1S/C18H23NO/c1-14(12-17-9-5-11-20-17)19-13-16-8-4-7-15-6-2-3-10-18(15)16/h2-3,5-6,9-11,14,16,19H,4,7-8,12-13H2,1H3. The third-order valence-corrected chi connectivity index (χ3v) is 4.29. The van der Waals surface area contributed by atoms with E-state index in [1.165, 1.54) is 19.3 Å². The van der Waals surface area contributed by atoms with Gasteiger partial charge in [0, 0.05) is 19.0 Å². The van der Waals surface area contributed by atoms with Gasteiger partial charge in [0.05, 0.1) is 6.26 Å². The highest BCUT2D eigenvalue weighted by Gasteiger charge is 2.20. The highest BCUT2D eigenvalue weighted by atomic mass is 16.3. The minimum Gasteiger partial charge on any atom is -0.469 e. The molecule has 3 rings (SSSR count). The van der Waals surface area contributed by atoms with Gasteiger partial charge in [0.25, 0.3) is 0 Å². The second-order valence-electron chi connectivity index (χ2n) is 5.88. The number of benzene rings is 1. The van der Waals surface area contributed by atoms with Gasteiger partial charge in [-0.2, -0.15) is 0 Å². The summed E-state index contributed by atoms with van der Waals surface area (Å²) < 4.78 is 5.41. The predicted octanol–water partition coefficient (Wildman–Crippen LogP) is 3.92. The van der Waals surface area contributed by atoms with Crippen molar-refractivity contribution >= 4 is 0 Å². The molecule has 2 atom stereocenters. The van der Waals surface area contributed by atoms with Crippen LogP contribution in [-0.2, 0) is 12.8 Å². The summed E-state index contributed by atoms with van der Waals surface area (Å²) in [5, 5.41) is 3.67. The Morgan fingerprint density at radius 2 is 2.15 bits per heavy atom. The lowest BCUT2D eigenvalue weighted by molar-refractivity contribution is 0.430. The van der Waals surface area contributed by atoms with Gasteiger partial charge in [0.2, 0.25) is 0 Å². The zero-order valence-corrected chi connectivity index (χ0v) is 12.1. The molecule has 1 N–H and O–H groups in total. The average Bonchev–Trinajstić information content (AvgIpc) is 2.98. The van der Waals surface area contributed by atoms with Crippen molar-refractivity contribution in [2.75, 3.05) is 6.54 Å². The van der Waals surface area contributed by atoms with Gasteiger partial charge in [-0.1, -0.05) is 24.3 Å². The summed E-state index contributed by atoms with van der Waals surface area (Å²) >= 11 is 0. The second-order valence-corrected chi connectivity index (χ2v) is 5.88. The Balaban J connectivity index is 1.56. The molecule has 1 heterocycles. The van der Waals surface area contributed by atoms with Crippen LogP contribution in [0.15, 0.2) is 47.1 Å². The van der Waals surface area contributed by atoms with Gasteiger partial charge in [0.1, 0.15) is 5.76 Å². The van der Waals surface area contributed by atoms with Gasteiger partial charge in [-0.15, -0.1) is 0 Å². The largest absolute Gasteiger partial charge is 0.469 e. The summed E-state index contributed by atoms with van der Waals surface area (Å²) in [6, 6.07) is 13.4. The highest BCUT2D eigenvalue weighted by molar-refractivity contribution is 5.32. The molecule has 2 heteroatoms. The van der Waals surface area contributed by atoms with E-state index in [-0.39, 0.29) is 0 Å². The number of aryl methyl sites for hydroxylation is 1. The summed E-state index contributed by atoms with van der Waals surface area (Å²) in [7, 11) is 0. The van der Waals surface area contributed by atoms with Crippen molar-refractivity contribution < 1.29 is 4.42 Å². The maximum Gasteiger partial charge on any atom is 0.105 e. The third kappa shape index (κ3) is 3.13. The lowest BCUT2D eigenvalue weighted by atomic mass is 9.83. The summed E-state index contributed by atoms with van der Waals surface area (Å²) in [6.07, 6.45) is 6.57. The van der Waals surface area contributed by atoms with Crippen molar-refractivity contribution in [1.29, 1.82) is 0 Å². The summed E-state index contributed by atoms with van der Waals surface area (Å²) in [5.41, 5.74) is 3.10. The Morgan fingerprint density at radius 3 is 3.00 bits per heavy atom. The van der Waals surface area contributed by atoms with Crippen LogP contribution in [0.5, 0.6) is 0 Å². The van der Waals surface area contributed by atoms with Crippen LogP contribution in [0, 0.1) is 0 Å². The molecule has 1 aromatic heterocycles. The molecule has 106 valence electrons. The molecular formula is C18H23NO. The zero-order valence-electron chi connectivity index (χ0n) is 12.1. The van der Waals surface area contributed by atoms with E-state index in [0.29, 0.717) is 12.0 Å². The van der Waals surface area contributed by atoms with Crippen molar-refractivity contribution in [3.05, 3.63) is 59.5 Å². The quantitative estimate of drug-likeness (QED) is 0.890. The molecule has 2 aromatic rings. The molecule has 1 aliphatic rings. The molecule has 0 amide bonds. The van der Waals surface area contributed by atoms with E-state index in [1.54, 1.807) is 17.4 Å². The Hall–Kier alpha value is -1.54. The Morgan fingerprint density at radius 1 is 1.25 bits per heavy atom. The molecule has 2 unspecified atom stereocenters. The van der Waals surface area contributed by atoms with E-state index < -0.39 is 0 Å². The van der Waals surface area contributed by atoms with E-state index in [9.17, 15) is 0 Å². The molecule has 0 aliphatic heterocycles. The molecule has 0 spiro atoms. The first-order valence-electron chi connectivity index (χ1n) is 7.66. The van der Waals surface area contributed by atoms with Crippen LogP contribution in [0.4, 0.5) is 0 Å². The normalized spacial score (nSPS) is 19.6. The van der Waals surface area contributed by atoms with Crippen LogP contribution in [-0.4, -0.2) is 12.6 Å². The van der Waals surface area contributed by atoms with Crippen LogP contribution in [0.25, 0.3) is 0 Å². The van der Waals surface area contributed by atoms with Crippen molar-refractivity contribution in [3.8, 4) is 0 Å². The fourth-order valence-corrected chi connectivity index (χ4v) is 3.21. The molecule has 1 aromatic carbocycles. The van der Waals surface area contributed by atoms with Gasteiger partial charge in [-0.05, 0) is 55.4 Å². The number of hydrogen-bond donors (Lipinski definition) is 1. The lowest BCUT2D eigenvalue weighted by Gasteiger charge is -2.27. The number of furan rings is 1. The molecule has 0 radical (unpaired) electrons. The molecule has 1 aliphatic carbocycles. The van der Waals surface area contributed by atoms with Crippen LogP contribution in [0.2, 0.25) is 0 Å². The van der Waals surface area contributed by atoms with E-state index in [2.05, 4.69) is 36.5 Å². The van der Waals surface area contributed by atoms with Crippen molar-refractivity contribution in [2.24, 2.45) is 0 Å². The molecule has 0 saturated carbocycles. The number of hydrogen-bond acceptors (Lipinski definition) is 2. The highest BCUT2D eigenvalue weighted by Crippen LogP contribution is 2.30. The van der Waals surface area contributed by atoms with Gasteiger partial charge < -0.3 is 9.73 Å². The first-order chi connectivity index (χ1) is 9.83. The number of nitrogens with one attached hydrogen (secondary N) is 1. The third-order valence-electron chi connectivity index (χ3n) is 4.29. The molecule has 0 saturated heterocycles. The molecule has 2 nitrogen and oxygen atoms in total. The molecule has 0 fully saturated rings. The smallest absolute Gasteiger partial charge is 0.105 e. The van der Waals surface area contributed by atoms with Gasteiger partial charge >= 0.3 is 0 Å². The van der Waals surface area contributed by atoms with Crippen LogP contribution in [0.3, 0.4) is 0 Å². The fourth-order valence-electron chi connectivity index (χ4n) is 3.21. The van der Waals surface area contributed by atoms with Gasteiger partial charge in [0.15, 0.2) is 0 Å². The van der Waals surface area contributed by atoms with Crippen LogP contribution < -0.4 is 5.32 Å². The first kappa shape index (κ1) is 13.4. The van der Waals surface area contributed by atoms with Crippen molar-refractivity contribution in [1.82, 2.24) is 5.32 Å². The number of rotatable bonds is 5. The van der Waals surface area contributed by atoms with E-state index in [0.717, 1.165) is 18.7 Å². The summed E-state index contributed by atoms with van der Waals surface area (Å²) in [6.45, 7) is 3.30. The lowest BCUT2D eigenvalue weighted by Crippen LogP contribution is -2.33. The SMILES string of the molecule is CC(Cc1ccco1)NCC1CCCc2ccccc21. The van der Waals surface area contributed by atoms with E-state index in [4.69, 9.17) is 4.42 Å². The molecule has 20 heavy (non-hydrogen) atoms. The average molecular weight is 269 g/mol. The molecule has 0 bridgehead atoms. The van der Waals surface area contributed by atoms with Crippen molar-refractivity contribution in [3.63, 3.8) is 0 Å². The summed E-state index contributed by atoms with van der Waals surface area (Å²) in [5.74, 6) is 1.73. The first-order valence-corrected chi connectivity index (χ1v) is 7.66. The topological polar surface area (TPSA) is 25.2 Å². The van der Waals surface area contributed by atoms with Crippen molar-refractivity contribution in [2.45, 2.75) is 44.6 Å². The maximum absolute atomic E-state index is 5.41. The number of fused-ring (bicyclic) bond motifs is 1. The minimum atomic E-state index is 0.454. The fraction of sp³-hybridized carbons (Fsp3) is 0.444. The molecular weight excluding hydrogens is 246 g/mol.